The average molecular weight is 426 g/mol. The van der Waals surface area contributed by atoms with Crippen molar-refractivity contribution < 1.29 is 17.9 Å². The van der Waals surface area contributed by atoms with Crippen molar-refractivity contribution >= 4 is 16.0 Å². The lowest BCUT2D eigenvalue weighted by Gasteiger charge is -2.18. The first-order chi connectivity index (χ1) is 13.8. The van der Waals surface area contributed by atoms with Gasteiger partial charge in [-0.25, -0.2) is 13.1 Å². The molecule has 0 aliphatic heterocycles. The summed E-state index contributed by atoms with van der Waals surface area (Å²) in [7, 11) is -3.63. The molecular weight excluding hydrogens is 386 g/mol. The molecule has 0 amide bonds. The lowest BCUT2D eigenvalue weighted by atomic mass is 10.0. The van der Waals surface area contributed by atoms with E-state index in [4.69, 9.17) is 4.74 Å². The molecule has 0 aliphatic carbocycles. The van der Waals surface area contributed by atoms with Gasteiger partial charge in [0, 0.05) is 6.92 Å². The standard InChI is InChI=1S/C23H39NO4S/c1-4-5-6-7-8-9-10-11-12-13-14-22(19-28-21(3)25)24-29(26,27)23-17-15-20(2)16-18-23/h15-18,22,24H,4-14,19H2,1-3H3. The Morgan fingerprint density at radius 3 is 1.97 bits per heavy atom. The maximum absolute atomic E-state index is 12.6. The van der Waals surface area contributed by atoms with Crippen LogP contribution >= 0.6 is 0 Å². The smallest absolute Gasteiger partial charge is 0.302 e. The molecule has 5 nitrogen and oxygen atoms in total. The van der Waals surface area contributed by atoms with Crippen LogP contribution in [0, 0.1) is 6.92 Å². The van der Waals surface area contributed by atoms with Crippen LogP contribution in [0.25, 0.3) is 0 Å². The number of unbranched alkanes of at least 4 members (excludes halogenated alkanes) is 9. The third-order valence-electron chi connectivity index (χ3n) is 5.05. The normalized spacial score (nSPS) is 12.7. The van der Waals surface area contributed by atoms with Gasteiger partial charge >= 0.3 is 5.97 Å². The molecule has 0 fully saturated rings. The maximum Gasteiger partial charge on any atom is 0.302 e. The fraction of sp³-hybridized carbons (Fsp3) is 0.696. The monoisotopic (exact) mass is 425 g/mol. The van der Waals surface area contributed by atoms with E-state index in [1.807, 2.05) is 6.92 Å². The van der Waals surface area contributed by atoms with Gasteiger partial charge in [-0.15, -0.1) is 0 Å². The van der Waals surface area contributed by atoms with Gasteiger partial charge in [0.05, 0.1) is 10.9 Å². The van der Waals surface area contributed by atoms with Gasteiger partial charge in [0.15, 0.2) is 0 Å². The molecule has 1 N–H and O–H groups in total. The molecular formula is C23H39NO4S. The van der Waals surface area contributed by atoms with Crippen LogP contribution in [-0.2, 0) is 19.6 Å². The molecule has 0 aromatic heterocycles. The van der Waals surface area contributed by atoms with Gasteiger partial charge in [0.1, 0.15) is 6.61 Å². The van der Waals surface area contributed by atoms with E-state index in [0.29, 0.717) is 6.42 Å². The molecule has 1 aromatic rings. The molecule has 29 heavy (non-hydrogen) atoms. The number of nitrogens with one attached hydrogen (secondary N) is 1. The number of esters is 1. The summed E-state index contributed by atoms with van der Waals surface area (Å²) in [6.07, 6.45) is 12.9. The number of rotatable bonds is 16. The van der Waals surface area contributed by atoms with Gasteiger partial charge in [0.2, 0.25) is 10.0 Å². The van der Waals surface area contributed by atoms with Gasteiger partial charge in [-0.1, -0.05) is 88.8 Å². The number of ether oxygens (including phenoxy) is 1. The van der Waals surface area contributed by atoms with Crippen LogP contribution in [0.4, 0.5) is 0 Å². The molecule has 1 rings (SSSR count). The summed E-state index contributed by atoms with van der Waals surface area (Å²) in [6.45, 7) is 5.55. The summed E-state index contributed by atoms with van der Waals surface area (Å²) in [6, 6.07) is 6.34. The second kappa shape index (κ2) is 14.6. The molecule has 166 valence electrons. The SMILES string of the molecule is CCCCCCCCCCCCC(COC(C)=O)NS(=O)(=O)c1ccc(C)cc1. The Balaban J connectivity index is 2.40. The van der Waals surface area contributed by atoms with Crippen LogP contribution < -0.4 is 4.72 Å². The fourth-order valence-corrected chi connectivity index (χ4v) is 4.53. The number of carbonyl (C=O) groups excluding carboxylic acids is 1. The minimum atomic E-state index is -3.63. The molecule has 0 heterocycles. The largest absolute Gasteiger partial charge is 0.464 e. The van der Waals surface area contributed by atoms with E-state index in [2.05, 4.69) is 11.6 Å². The van der Waals surface area contributed by atoms with Crippen LogP contribution in [0.1, 0.15) is 90.0 Å². The van der Waals surface area contributed by atoms with Crippen molar-refractivity contribution in [2.45, 2.75) is 102 Å². The zero-order valence-corrected chi connectivity index (χ0v) is 19.2. The summed E-state index contributed by atoms with van der Waals surface area (Å²) in [5.74, 6) is -0.396. The highest BCUT2D eigenvalue weighted by atomic mass is 32.2. The first kappa shape index (κ1) is 25.6. The molecule has 1 unspecified atom stereocenters. The number of hydrogen-bond acceptors (Lipinski definition) is 4. The predicted molar refractivity (Wildman–Crippen MR) is 118 cm³/mol. The van der Waals surface area contributed by atoms with Crippen LogP contribution in [0.15, 0.2) is 29.2 Å². The topological polar surface area (TPSA) is 72.5 Å². The van der Waals surface area contributed by atoms with Crippen molar-refractivity contribution in [1.29, 1.82) is 0 Å². The van der Waals surface area contributed by atoms with E-state index < -0.39 is 22.0 Å². The Labute approximate surface area is 177 Å². The van der Waals surface area contributed by atoms with Crippen molar-refractivity contribution in [3.05, 3.63) is 29.8 Å². The van der Waals surface area contributed by atoms with Crippen molar-refractivity contribution in [3.63, 3.8) is 0 Å². The van der Waals surface area contributed by atoms with Gasteiger partial charge < -0.3 is 4.74 Å². The van der Waals surface area contributed by atoms with E-state index in [0.717, 1.165) is 18.4 Å². The molecule has 0 spiro atoms. The highest BCUT2D eigenvalue weighted by Crippen LogP contribution is 2.15. The Morgan fingerprint density at radius 2 is 1.45 bits per heavy atom. The van der Waals surface area contributed by atoms with Gasteiger partial charge in [-0.3, -0.25) is 4.79 Å². The number of carbonyl (C=O) groups is 1. The minimum Gasteiger partial charge on any atom is -0.464 e. The van der Waals surface area contributed by atoms with Gasteiger partial charge in [0.25, 0.3) is 0 Å². The summed E-state index contributed by atoms with van der Waals surface area (Å²) in [5, 5.41) is 0. The van der Waals surface area contributed by atoms with Gasteiger partial charge in [-0.05, 0) is 25.5 Å². The molecule has 0 bridgehead atoms. The summed E-state index contributed by atoms with van der Waals surface area (Å²) < 4.78 is 33.0. The molecule has 0 saturated heterocycles. The zero-order valence-electron chi connectivity index (χ0n) is 18.4. The minimum absolute atomic E-state index is 0.0673. The second-order valence-electron chi connectivity index (χ2n) is 7.90. The van der Waals surface area contributed by atoms with Crippen molar-refractivity contribution in [1.82, 2.24) is 4.72 Å². The Kier molecular flexibility index (Phi) is 12.9. The van der Waals surface area contributed by atoms with Crippen LogP contribution in [-0.4, -0.2) is 27.0 Å². The number of sulfonamides is 1. The Bertz CT molecular complexity index is 671. The summed E-state index contributed by atoms with van der Waals surface area (Å²) in [5.41, 5.74) is 1.01. The Morgan fingerprint density at radius 1 is 0.931 bits per heavy atom. The van der Waals surface area contributed by atoms with Crippen molar-refractivity contribution in [2.75, 3.05) is 6.61 Å². The van der Waals surface area contributed by atoms with Crippen molar-refractivity contribution in [2.24, 2.45) is 0 Å². The molecule has 0 aliphatic rings. The number of hydrogen-bond donors (Lipinski definition) is 1. The summed E-state index contributed by atoms with van der Waals surface area (Å²) >= 11 is 0. The quantitative estimate of drug-likeness (QED) is 0.280. The molecule has 0 saturated carbocycles. The first-order valence-electron chi connectivity index (χ1n) is 11.1. The average Bonchev–Trinajstić information content (AvgIpc) is 2.67. The molecule has 0 radical (unpaired) electrons. The number of benzene rings is 1. The van der Waals surface area contributed by atoms with Gasteiger partial charge in [-0.2, -0.15) is 0 Å². The van der Waals surface area contributed by atoms with Crippen molar-refractivity contribution in [3.8, 4) is 0 Å². The van der Waals surface area contributed by atoms with E-state index in [1.54, 1.807) is 24.3 Å². The van der Waals surface area contributed by atoms with Crippen LogP contribution in [0.5, 0.6) is 0 Å². The molecule has 1 aromatic carbocycles. The Hall–Kier alpha value is -1.40. The molecule has 6 heteroatoms. The zero-order chi connectivity index (χ0) is 21.5. The van der Waals surface area contributed by atoms with E-state index in [1.165, 1.54) is 58.3 Å². The lowest BCUT2D eigenvalue weighted by molar-refractivity contribution is -0.141. The highest BCUT2D eigenvalue weighted by molar-refractivity contribution is 7.89. The van der Waals surface area contributed by atoms with E-state index >= 15 is 0 Å². The third-order valence-corrected chi connectivity index (χ3v) is 6.58. The lowest BCUT2D eigenvalue weighted by Crippen LogP contribution is -2.38. The molecule has 1 atom stereocenters. The fourth-order valence-electron chi connectivity index (χ4n) is 3.28. The second-order valence-corrected chi connectivity index (χ2v) is 9.62. The van der Waals surface area contributed by atoms with E-state index in [9.17, 15) is 13.2 Å². The number of aryl methyl sites for hydroxylation is 1. The summed E-state index contributed by atoms with van der Waals surface area (Å²) in [4.78, 5) is 11.4. The first-order valence-corrected chi connectivity index (χ1v) is 12.6. The van der Waals surface area contributed by atoms with E-state index in [-0.39, 0.29) is 11.5 Å². The predicted octanol–water partition coefficient (Wildman–Crippen LogP) is 5.52. The third kappa shape index (κ3) is 12.0. The van der Waals surface area contributed by atoms with Crippen LogP contribution in [0.3, 0.4) is 0 Å². The maximum atomic E-state index is 12.6. The highest BCUT2D eigenvalue weighted by Gasteiger charge is 2.20. The van der Waals surface area contributed by atoms with Crippen LogP contribution in [0.2, 0.25) is 0 Å².